The highest BCUT2D eigenvalue weighted by molar-refractivity contribution is 7.24. The van der Waals surface area contributed by atoms with Gasteiger partial charge in [0.1, 0.15) is 4.83 Å². The molecule has 0 saturated carbocycles. The van der Waals surface area contributed by atoms with Gasteiger partial charge in [0.25, 0.3) is 5.56 Å². The molecular weight excluding hydrogens is 466 g/mol. The summed E-state index contributed by atoms with van der Waals surface area (Å²) in [6.45, 7) is 0. The minimum atomic E-state index is -0.356. The van der Waals surface area contributed by atoms with Crippen molar-refractivity contribution in [1.29, 1.82) is 0 Å². The van der Waals surface area contributed by atoms with Crippen LogP contribution in [-0.4, -0.2) is 16.0 Å². The molecule has 2 aromatic heterocycles. The number of aromatic nitrogens is 1. The number of fused-ring (bicyclic) bond motifs is 3. The highest BCUT2D eigenvalue weighted by atomic mass is 32.1. The number of rotatable bonds is 5. The maximum absolute atomic E-state index is 14.2. The van der Waals surface area contributed by atoms with Gasteiger partial charge in [0.05, 0.1) is 26.9 Å². The Labute approximate surface area is 210 Å². The number of para-hydroxylation sites is 1. The van der Waals surface area contributed by atoms with E-state index in [9.17, 15) is 14.4 Å². The van der Waals surface area contributed by atoms with Crippen LogP contribution in [0.25, 0.3) is 26.2 Å². The number of thiazole rings is 1. The topological polar surface area (TPSA) is 55.6 Å². The number of hydrogen-bond donors (Lipinski definition) is 0. The molecule has 0 saturated heterocycles. The number of pyridine rings is 1. The van der Waals surface area contributed by atoms with E-state index in [1.807, 2.05) is 54.6 Å². The Kier molecular flexibility index (Phi) is 5.40. The fourth-order valence-corrected chi connectivity index (χ4v) is 5.77. The van der Waals surface area contributed by atoms with Crippen LogP contribution in [0.5, 0.6) is 0 Å². The number of ketones is 2. The van der Waals surface area contributed by atoms with Crippen LogP contribution in [-0.2, 0) is 0 Å². The summed E-state index contributed by atoms with van der Waals surface area (Å²) in [6, 6.07) is 34.3. The zero-order chi connectivity index (χ0) is 24.6. The van der Waals surface area contributed by atoms with Crippen LogP contribution in [0.1, 0.15) is 31.8 Å². The normalized spacial score (nSPS) is 11.1. The molecule has 0 amide bonds. The predicted octanol–water partition coefficient (Wildman–Crippen LogP) is 6.64. The smallest absolute Gasteiger partial charge is 0.264 e. The van der Waals surface area contributed by atoms with E-state index in [-0.39, 0.29) is 33.8 Å². The lowest BCUT2D eigenvalue weighted by Crippen LogP contribution is -2.24. The molecule has 4 aromatic carbocycles. The summed E-state index contributed by atoms with van der Waals surface area (Å²) in [4.78, 5) is 42.9. The zero-order valence-corrected chi connectivity index (χ0v) is 19.9. The molecule has 0 bridgehead atoms. The van der Waals surface area contributed by atoms with Crippen molar-refractivity contribution in [3.63, 3.8) is 0 Å². The molecule has 0 N–H and O–H groups in total. The highest BCUT2D eigenvalue weighted by Gasteiger charge is 2.31. The Morgan fingerprint density at radius 1 is 0.583 bits per heavy atom. The Morgan fingerprint density at radius 3 is 1.69 bits per heavy atom. The van der Waals surface area contributed by atoms with Crippen LogP contribution in [0.4, 0.5) is 0 Å². The molecule has 6 aromatic rings. The second-order valence-corrected chi connectivity index (χ2v) is 9.43. The summed E-state index contributed by atoms with van der Waals surface area (Å²) >= 11 is 1.35. The first-order chi connectivity index (χ1) is 17.6. The lowest BCUT2D eigenvalue weighted by Gasteiger charge is -2.16. The summed E-state index contributed by atoms with van der Waals surface area (Å²) in [6.07, 6.45) is 0. The Balaban J connectivity index is 1.83. The molecule has 0 fully saturated rings. The molecule has 0 radical (unpaired) electrons. The summed E-state index contributed by atoms with van der Waals surface area (Å²) < 4.78 is 2.44. The van der Waals surface area contributed by atoms with Gasteiger partial charge < -0.3 is 0 Å². The molecule has 172 valence electrons. The van der Waals surface area contributed by atoms with E-state index in [4.69, 9.17) is 0 Å². The lowest BCUT2D eigenvalue weighted by atomic mass is 9.88. The second-order valence-electron chi connectivity index (χ2n) is 8.40. The van der Waals surface area contributed by atoms with Gasteiger partial charge in [-0.2, -0.15) is 0 Å². The van der Waals surface area contributed by atoms with Gasteiger partial charge in [0, 0.05) is 11.1 Å². The van der Waals surface area contributed by atoms with Crippen LogP contribution in [0, 0.1) is 0 Å². The SMILES string of the molecule is O=C(c1ccccc1)c1c(-c2ccccc2)c(=O)n2c(sc3ccccc32)c1C(=O)c1ccccc1. The third-order valence-corrected chi connectivity index (χ3v) is 7.38. The molecule has 0 aliphatic heterocycles. The van der Waals surface area contributed by atoms with Gasteiger partial charge in [-0.1, -0.05) is 103 Å². The summed E-state index contributed by atoms with van der Waals surface area (Å²) in [7, 11) is 0. The fraction of sp³-hybridized carbons (Fsp3) is 0. The Bertz CT molecular complexity index is 1820. The number of hydrogen-bond acceptors (Lipinski definition) is 4. The van der Waals surface area contributed by atoms with E-state index in [1.165, 1.54) is 11.3 Å². The van der Waals surface area contributed by atoms with Crippen LogP contribution < -0.4 is 5.56 Å². The van der Waals surface area contributed by atoms with Gasteiger partial charge in [-0.3, -0.25) is 18.8 Å². The predicted molar refractivity (Wildman–Crippen MR) is 144 cm³/mol. The zero-order valence-electron chi connectivity index (χ0n) is 19.0. The van der Waals surface area contributed by atoms with E-state index < -0.39 is 0 Å². The molecule has 0 unspecified atom stereocenters. The van der Waals surface area contributed by atoms with E-state index >= 15 is 0 Å². The first-order valence-corrected chi connectivity index (χ1v) is 12.3. The molecule has 36 heavy (non-hydrogen) atoms. The van der Waals surface area contributed by atoms with Crippen molar-refractivity contribution in [3.05, 3.63) is 148 Å². The van der Waals surface area contributed by atoms with Crippen LogP contribution in [0.3, 0.4) is 0 Å². The maximum atomic E-state index is 14.2. The quantitative estimate of drug-likeness (QED) is 0.257. The standard InChI is InChI=1S/C31H19NO3S/c33-28(21-14-6-2-7-15-21)26-25(20-12-4-1-5-13-20)30(35)32-23-18-10-11-19-24(23)36-31(32)27(26)29(34)22-16-8-3-9-17-22/h1-19H. The highest BCUT2D eigenvalue weighted by Crippen LogP contribution is 2.35. The molecule has 4 nitrogen and oxygen atoms in total. The first-order valence-electron chi connectivity index (χ1n) is 11.5. The van der Waals surface area contributed by atoms with E-state index in [2.05, 4.69) is 0 Å². The first kappa shape index (κ1) is 21.9. The average Bonchev–Trinajstić information content (AvgIpc) is 3.33. The number of carbonyl (C=O) groups is 2. The molecule has 5 heteroatoms. The van der Waals surface area contributed by atoms with Gasteiger partial charge in [0.15, 0.2) is 11.6 Å². The van der Waals surface area contributed by atoms with Crippen molar-refractivity contribution in [3.8, 4) is 11.1 Å². The van der Waals surface area contributed by atoms with E-state index in [1.54, 1.807) is 65.1 Å². The Hall–Kier alpha value is -4.61. The third-order valence-electron chi connectivity index (χ3n) is 6.24. The fourth-order valence-electron chi connectivity index (χ4n) is 4.58. The molecule has 2 heterocycles. The molecule has 0 aliphatic rings. The van der Waals surface area contributed by atoms with Gasteiger partial charge in [-0.15, -0.1) is 11.3 Å². The molecular formula is C31H19NO3S. The van der Waals surface area contributed by atoms with Crippen molar-refractivity contribution >= 4 is 38.0 Å². The molecule has 0 spiro atoms. The van der Waals surface area contributed by atoms with Gasteiger partial charge >= 0.3 is 0 Å². The third kappa shape index (κ3) is 3.49. The average molecular weight is 486 g/mol. The van der Waals surface area contributed by atoms with Gasteiger partial charge in [0.2, 0.25) is 0 Å². The van der Waals surface area contributed by atoms with E-state index in [0.29, 0.717) is 27.0 Å². The maximum Gasteiger partial charge on any atom is 0.264 e. The summed E-state index contributed by atoms with van der Waals surface area (Å²) in [5.41, 5.74) is 2.46. The van der Waals surface area contributed by atoms with Gasteiger partial charge in [-0.25, -0.2) is 0 Å². The number of carbonyl (C=O) groups excluding carboxylic acids is 2. The monoisotopic (exact) mass is 485 g/mol. The minimum absolute atomic E-state index is 0.137. The summed E-state index contributed by atoms with van der Waals surface area (Å²) in [5, 5.41) is 0. The minimum Gasteiger partial charge on any atom is -0.289 e. The van der Waals surface area contributed by atoms with Crippen LogP contribution >= 0.6 is 11.3 Å². The number of nitrogens with zero attached hydrogens (tertiary/aromatic N) is 1. The van der Waals surface area contributed by atoms with E-state index in [0.717, 1.165) is 4.70 Å². The Morgan fingerprint density at radius 2 is 1.08 bits per heavy atom. The largest absolute Gasteiger partial charge is 0.289 e. The second kappa shape index (κ2) is 8.87. The molecule has 6 rings (SSSR count). The van der Waals surface area contributed by atoms with Crippen LogP contribution in [0.15, 0.2) is 120 Å². The number of benzene rings is 4. The van der Waals surface area contributed by atoms with Crippen molar-refractivity contribution < 1.29 is 9.59 Å². The molecule has 0 atom stereocenters. The van der Waals surface area contributed by atoms with Crippen molar-refractivity contribution in [1.82, 2.24) is 4.40 Å². The lowest BCUT2D eigenvalue weighted by molar-refractivity contribution is 0.100. The van der Waals surface area contributed by atoms with Gasteiger partial charge in [-0.05, 0) is 17.7 Å². The van der Waals surface area contributed by atoms with Crippen molar-refractivity contribution in [2.45, 2.75) is 0 Å². The molecule has 0 aliphatic carbocycles. The summed E-state index contributed by atoms with van der Waals surface area (Å²) in [5.74, 6) is -0.651. The van der Waals surface area contributed by atoms with Crippen molar-refractivity contribution in [2.24, 2.45) is 0 Å². The van der Waals surface area contributed by atoms with Crippen LogP contribution in [0.2, 0.25) is 0 Å². The van der Waals surface area contributed by atoms with Crippen molar-refractivity contribution in [2.75, 3.05) is 0 Å².